The number of rotatable bonds is 7. The summed E-state index contributed by atoms with van der Waals surface area (Å²) in [6.45, 7) is 0. The highest BCUT2D eigenvalue weighted by atomic mass is 16.3. The number of furan rings is 1. The van der Waals surface area contributed by atoms with Gasteiger partial charge in [0.15, 0.2) is 0 Å². The molecular formula is C52H35NO. The molecule has 0 radical (unpaired) electrons. The van der Waals surface area contributed by atoms with Gasteiger partial charge in [0.2, 0.25) is 0 Å². The minimum Gasteiger partial charge on any atom is -0.455 e. The Labute approximate surface area is 314 Å². The molecule has 0 aliphatic rings. The van der Waals surface area contributed by atoms with E-state index in [1.54, 1.807) is 0 Å². The van der Waals surface area contributed by atoms with Crippen LogP contribution in [0.3, 0.4) is 0 Å². The van der Waals surface area contributed by atoms with Crippen LogP contribution >= 0.6 is 0 Å². The number of hydrogen-bond donors (Lipinski definition) is 0. The minimum atomic E-state index is 0.888. The number of anilines is 3. The molecule has 1 heterocycles. The predicted octanol–water partition coefficient (Wildman–Crippen LogP) is 14.9. The molecular weight excluding hydrogens is 655 g/mol. The normalized spacial score (nSPS) is 11.3. The van der Waals surface area contributed by atoms with Gasteiger partial charge in [-0.1, -0.05) is 164 Å². The highest BCUT2D eigenvalue weighted by Gasteiger charge is 2.21. The van der Waals surface area contributed by atoms with Crippen molar-refractivity contribution in [2.45, 2.75) is 0 Å². The molecule has 2 heteroatoms. The third-order valence-electron chi connectivity index (χ3n) is 10.5. The molecule has 0 saturated carbocycles. The molecule has 0 spiro atoms. The van der Waals surface area contributed by atoms with Crippen molar-refractivity contribution in [3.8, 4) is 44.5 Å². The molecule has 2 nitrogen and oxygen atoms in total. The average Bonchev–Trinajstić information content (AvgIpc) is 3.64. The molecule has 0 fully saturated rings. The van der Waals surface area contributed by atoms with Gasteiger partial charge in [-0.15, -0.1) is 0 Å². The zero-order valence-electron chi connectivity index (χ0n) is 29.6. The largest absolute Gasteiger partial charge is 0.455 e. The van der Waals surface area contributed by atoms with Crippen molar-refractivity contribution in [2.75, 3.05) is 4.90 Å². The lowest BCUT2D eigenvalue weighted by atomic mass is 9.93. The Morgan fingerprint density at radius 2 is 0.963 bits per heavy atom. The second-order valence-electron chi connectivity index (χ2n) is 13.7. The zero-order chi connectivity index (χ0) is 35.8. The van der Waals surface area contributed by atoms with Gasteiger partial charge in [-0.05, 0) is 92.9 Å². The van der Waals surface area contributed by atoms with E-state index in [9.17, 15) is 0 Å². The predicted molar refractivity (Wildman–Crippen MR) is 228 cm³/mol. The maximum atomic E-state index is 6.52. The van der Waals surface area contributed by atoms with Crippen molar-refractivity contribution in [3.05, 3.63) is 212 Å². The number of para-hydroxylation sites is 1. The van der Waals surface area contributed by atoms with E-state index in [4.69, 9.17) is 4.42 Å². The van der Waals surface area contributed by atoms with E-state index in [1.165, 1.54) is 38.8 Å². The highest BCUT2D eigenvalue weighted by molar-refractivity contribution is 6.15. The average molecular weight is 690 g/mol. The third kappa shape index (κ3) is 5.62. The van der Waals surface area contributed by atoms with Crippen LogP contribution in [0.5, 0.6) is 0 Å². The Morgan fingerprint density at radius 3 is 1.76 bits per heavy atom. The molecule has 0 N–H and O–H groups in total. The lowest BCUT2D eigenvalue weighted by Gasteiger charge is -2.29. The lowest BCUT2D eigenvalue weighted by Crippen LogP contribution is -2.11. The maximum absolute atomic E-state index is 6.52. The van der Waals surface area contributed by atoms with Crippen molar-refractivity contribution < 1.29 is 4.42 Å². The second kappa shape index (κ2) is 13.4. The summed E-state index contributed by atoms with van der Waals surface area (Å²) in [4.78, 5) is 2.41. The SMILES string of the molecule is c1ccc(-c2cccc(N(c3ccc(-c4ccccc4)c(-c4ccccc4)c3)c3ccccc3-c3ccc4oc5c6ccccc6ccc5c4c3)c2)cc1. The van der Waals surface area contributed by atoms with Crippen LogP contribution in [-0.4, -0.2) is 0 Å². The van der Waals surface area contributed by atoms with E-state index >= 15 is 0 Å². The van der Waals surface area contributed by atoms with Gasteiger partial charge < -0.3 is 9.32 Å². The van der Waals surface area contributed by atoms with Crippen LogP contribution in [0.4, 0.5) is 17.1 Å². The summed E-state index contributed by atoms with van der Waals surface area (Å²) in [5, 5.41) is 4.54. The number of fused-ring (bicyclic) bond motifs is 5. The van der Waals surface area contributed by atoms with Crippen LogP contribution in [0.1, 0.15) is 0 Å². The first-order chi connectivity index (χ1) is 26.8. The van der Waals surface area contributed by atoms with Gasteiger partial charge in [-0.3, -0.25) is 0 Å². The molecule has 0 aliphatic carbocycles. The van der Waals surface area contributed by atoms with Crippen molar-refractivity contribution in [2.24, 2.45) is 0 Å². The van der Waals surface area contributed by atoms with Gasteiger partial charge in [0.25, 0.3) is 0 Å². The van der Waals surface area contributed by atoms with Crippen LogP contribution in [0.15, 0.2) is 217 Å². The molecule has 0 saturated heterocycles. The standard InChI is InChI=1S/C52H35NO/c1-4-15-36(16-5-1)40-22-14-23-42(33-40)53(43-29-31-44(37-17-6-2-7-18-37)48(35-43)38-19-8-3-9-20-38)50-26-13-12-24-45(50)41-28-32-51-49(34-41)47-30-27-39-21-10-11-25-46(39)52(47)54-51/h1-35H. The first-order valence-corrected chi connectivity index (χ1v) is 18.4. The molecule has 10 rings (SSSR count). The summed E-state index contributed by atoms with van der Waals surface area (Å²) in [6, 6.07) is 75.9. The van der Waals surface area contributed by atoms with Gasteiger partial charge in [0, 0.05) is 33.1 Å². The van der Waals surface area contributed by atoms with E-state index in [0.717, 1.165) is 55.5 Å². The van der Waals surface area contributed by atoms with E-state index in [2.05, 4.69) is 217 Å². The lowest BCUT2D eigenvalue weighted by molar-refractivity contribution is 0.672. The van der Waals surface area contributed by atoms with Gasteiger partial charge >= 0.3 is 0 Å². The van der Waals surface area contributed by atoms with Gasteiger partial charge in [-0.2, -0.15) is 0 Å². The van der Waals surface area contributed by atoms with Crippen molar-refractivity contribution in [1.29, 1.82) is 0 Å². The van der Waals surface area contributed by atoms with Gasteiger partial charge in [-0.25, -0.2) is 0 Å². The molecule has 0 aliphatic heterocycles. The third-order valence-corrected chi connectivity index (χ3v) is 10.5. The van der Waals surface area contributed by atoms with Crippen molar-refractivity contribution in [1.82, 2.24) is 0 Å². The fraction of sp³-hybridized carbons (Fsp3) is 0. The number of nitrogens with zero attached hydrogens (tertiary/aromatic N) is 1. The van der Waals surface area contributed by atoms with Crippen molar-refractivity contribution >= 4 is 49.8 Å². The minimum absolute atomic E-state index is 0.888. The van der Waals surface area contributed by atoms with Crippen LogP contribution in [-0.2, 0) is 0 Å². The quantitative estimate of drug-likeness (QED) is 0.166. The topological polar surface area (TPSA) is 16.4 Å². The van der Waals surface area contributed by atoms with E-state index in [1.807, 2.05) is 0 Å². The summed E-state index contributed by atoms with van der Waals surface area (Å²) >= 11 is 0. The second-order valence-corrected chi connectivity index (χ2v) is 13.7. The summed E-state index contributed by atoms with van der Waals surface area (Å²) in [7, 11) is 0. The molecule has 10 aromatic rings. The summed E-state index contributed by atoms with van der Waals surface area (Å²) in [5.41, 5.74) is 14.4. The Balaban J connectivity index is 1.19. The molecule has 0 unspecified atom stereocenters. The van der Waals surface area contributed by atoms with E-state index in [0.29, 0.717) is 0 Å². The summed E-state index contributed by atoms with van der Waals surface area (Å²) in [6.07, 6.45) is 0. The molecule has 0 bridgehead atoms. The van der Waals surface area contributed by atoms with E-state index in [-0.39, 0.29) is 0 Å². The molecule has 1 aromatic heterocycles. The first kappa shape index (κ1) is 31.6. The van der Waals surface area contributed by atoms with Gasteiger partial charge in [0.1, 0.15) is 11.2 Å². The fourth-order valence-electron chi connectivity index (χ4n) is 7.86. The molecule has 0 atom stereocenters. The Hall–Kier alpha value is -7.16. The van der Waals surface area contributed by atoms with E-state index < -0.39 is 0 Å². The maximum Gasteiger partial charge on any atom is 0.143 e. The zero-order valence-corrected chi connectivity index (χ0v) is 29.6. The van der Waals surface area contributed by atoms with Crippen LogP contribution < -0.4 is 4.90 Å². The summed E-state index contributed by atoms with van der Waals surface area (Å²) in [5.74, 6) is 0. The summed E-state index contributed by atoms with van der Waals surface area (Å²) < 4.78 is 6.52. The van der Waals surface area contributed by atoms with Crippen LogP contribution in [0, 0.1) is 0 Å². The van der Waals surface area contributed by atoms with Crippen LogP contribution in [0.25, 0.3) is 77.2 Å². The number of benzene rings is 9. The highest BCUT2D eigenvalue weighted by Crippen LogP contribution is 2.45. The van der Waals surface area contributed by atoms with Gasteiger partial charge in [0.05, 0.1) is 5.69 Å². The Kier molecular flexibility index (Phi) is 7.85. The first-order valence-electron chi connectivity index (χ1n) is 18.4. The molecule has 0 amide bonds. The molecule has 9 aromatic carbocycles. The van der Waals surface area contributed by atoms with Crippen molar-refractivity contribution in [3.63, 3.8) is 0 Å². The monoisotopic (exact) mass is 689 g/mol. The Morgan fingerprint density at radius 1 is 0.315 bits per heavy atom. The smallest absolute Gasteiger partial charge is 0.143 e. The molecule has 254 valence electrons. The van der Waals surface area contributed by atoms with Crippen LogP contribution in [0.2, 0.25) is 0 Å². The Bertz CT molecular complexity index is 2930. The fourth-order valence-corrected chi connectivity index (χ4v) is 7.86. The molecule has 54 heavy (non-hydrogen) atoms. The number of hydrogen-bond acceptors (Lipinski definition) is 2.